The molecule has 0 bridgehead atoms. The Hall–Kier alpha value is -2.07. The number of carbonyl (C=O) groups is 1. The maximum atomic E-state index is 11.1. The van der Waals surface area contributed by atoms with Crippen LogP contribution in [0.5, 0.6) is 11.5 Å². The Bertz CT molecular complexity index is 599. The third-order valence-electron chi connectivity index (χ3n) is 2.32. The molecule has 2 rings (SSSR count). The third kappa shape index (κ3) is 2.60. The van der Waals surface area contributed by atoms with E-state index in [1.54, 1.807) is 24.3 Å². The second-order valence-electron chi connectivity index (χ2n) is 3.71. The fourth-order valence-corrected chi connectivity index (χ4v) is 1.62. The molecule has 0 amide bonds. The van der Waals surface area contributed by atoms with Gasteiger partial charge < -0.3 is 9.84 Å². The molecule has 0 saturated heterocycles. The van der Waals surface area contributed by atoms with Crippen molar-refractivity contribution in [3.8, 4) is 11.5 Å². The highest BCUT2D eigenvalue weighted by Gasteiger charge is 2.13. The third-order valence-corrected chi connectivity index (χ3v) is 2.60. The van der Waals surface area contributed by atoms with E-state index >= 15 is 0 Å². The molecular formula is C13H10ClNO3. The number of hydrogen-bond acceptors (Lipinski definition) is 3. The summed E-state index contributed by atoms with van der Waals surface area (Å²) in [5.74, 6) is -0.418. The molecule has 1 aromatic carbocycles. The molecular weight excluding hydrogens is 254 g/mol. The first-order valence-electron chi connectivity index (χ1n) is 5.19. The van der Waals surface area contributed by atoms with Crippen LogP contribution in [0.25, 0.3) is 0 Å². The van der Waals surface area contributed by atoms with E-state index < -0.39 is 5.97 Å². The zero-order valence-corrected chi connectivity index (χ0v) is 10.3. The first-order chi connectivity index (χ1) is 8.58. The Morgan fingerprint density at radius 3 is 2.78 bits per heavy atom. The second-order valence-corrected chi connectivity index (χ2v) is 4.12. The standard InChI is InChI=1S/C13H10ClNO3/c1-8-2-3-11(9(6-8)13(16)17)18-12-4-5-15-7-10(12)14/h2-7H,1H3,(H,16,17). The zero-order valence-electron chi connectivity index (χ0n) is 9.55. The number of benzene rings is 1. The van der Waals surface area contributed by atoms with Crippen LogP contribution in [0.15, 0.2) is 36.7 Å². The van der Waals surface area contributed by atoms with Gasteiger partial charge in [-0.05, 0) is 19.1 Å². The number of carboxylic acid groups (broad SMARTS) is 1. The number of aromatic nitrogens is 1. The summed E-state index contributed by atoms with van der Waals surface area (Å²) < 4.78 is 5.50. The van der Waals surface area contributed by atoms with Crippen molar-refractivity contribution in [3.05, 3.63) is 52.8 Å². The monoisotopic (exact) mass is 263 g/mol. The van der Waals surface area contributed by atoms with Crippen LogP contribution >= 0.6 is 11.6 Å². The molecule has 4 nitrogen and oxygen atoms in total. The molecule has 18 heavy (non-hydrogen) atoms. The van der Waals surface area contributed by atoms with Gasteiger partial charge in [-0.25, -0.2) is 4.79 Å². The van der Waals surface area contributed by atoms with Gasteiger partial charge in [0.15, 0.2) is 0 Å². The lowest BCUT2D eigenvalue weighted by Crippen LogP contribution is -2.00. The summed E-state index contributed by atoms with van der Waals surface area (Å²) >= 11 is 5.90. The van der Waals surface area contributed by atoms with E-state index in [1.807, 2.05) is 6.92 Å². The lowest BCUT2D eigenvalue weighted by Gasteiger charge is -2.10. The summed E-state index contributed by atoms with van der Waals surface area (Å²) in [5.41, 5.74) is 0.948. The molecule has 0 aliphatic rings. The largest absolute Gasteiger partial charge is 0.478 e. The zero-order chi connectivity index (χ0) is 13.1. The van der Waals surface area contributed by atoms with Crippen molar-refractivity contribution in [2.24, 2.45) is 0 Å². The van der Waals surface area contributed by atoms with Crippen molar-refractivity contribution >= 4 is 17.6 Å². The minimum atomic E-state index is -1.04. The lowest BCUT2D eigenvalue weighted by molar-refractivity contribution is 0.0694. The smallest absolute Gasteiger partial charge is 0.339 e. The predicted octanol–water partition coefficient (Wildman–Crippen LogP) is 3.53. The molecule has 1 aromatic heterocycles. The van der Waals surface area contributed by atoms with Gasteiger partial charge in [0, 0.05) is 18.5 Å². The highest BCUT2D eigenvalue weighted by molar-refractivity contribution is 6.31. The van der Waals surface area contributed by atoms with Gasteiger partial charge in [0.1, 0.15) is 22.1 Å². The highest BCUT2D eigenvalue weighted by atomic mass is 35.5. The van der Waals surface area contributed by atoms with Gasteiger partial charge in [-0.15, -0.1) is 0 Å². The van der Waals surface area contributed by atoms with Crippen LogP contribution in [-0.4, -0.2) is 16.1 Å². The van der Waals surface area contributed by atoms with Gasteiger partial charge in [0.25, 0.3) is 0 Å². The highest BCUT2D eigenvalue weighted by Crippen LogP contribution is 2.30. The molecule has 5 heteroatoms. The molecule has 0 atom stereocenters. The van der Waals surface area contributed by atoms with Crippen molar-refractivity contribution in [2.75, 3.05) is 0 Å². The van der Waals surface area contributed by atoms with Crippen LogP contribution < -0.4 is 4.74 Å². The van der Waals surface area contributed by atoms with E-state index in [1.165, 1.54) is 12.4 Å². The fourth-order valence-electron chi connectivity index (χ4n) is 1.46. The van der Waals surface area contributed by atoms with Gasteiger partial charge in [-0.3, -0.25) is 4.98 Å². The van der Waals surface area contributed by atoms with Gasteiger partial charge in [0.2, 0.25) is 0 Å². The van der Waals surface area contributed by atoms with E-state index in [0.29, 0.717) is 10.8 Å². The summed E-state index contributed by atoms with van der Waals surface area (Å²) in [7, 11) is 0. The summed E-state index contributed by atoms with van der Waals surface area (Å²) in [5, 5.41) is 9.44. The first-order valence-corrected chi connectivity index (χ1v) is 5.57. The van der Waals surface area contributed by atoms with E-state index in [2.05, 4.69) is 4.98 Å². The maximum absolute atomic E-state index is 11.1. The SMILES string of the molecule is Cc1ccc(Oc2ccncc2Cl)c(C(=O)O)c1. The van der Waals surface area contributed by atoms with E-state index in [0.717, 1.165) is 5.56 Å². The topological polar surface area (TPSA) is 59.4 Å². The number of nitrogens with zero attached hydrogens (tertiary/aromatic N) is 1. The fraction of sp³-hybridized carbons (Fsp3) is 0.0769. The Labute approximate surface area is 109 Å². The number of ether oxygens (including phenoxy) is 1. The van der Waals surface area contributed by atoms with Gasteiger partial charge in [0.05, 0.1) is 0 Å². The van der Waals surface area contributed by atoms with Crippen LogP contribution in [0.3, 0.4) is 0 Å². The van der Waals surface area contributed by atoms with Crippen LogP contribution in [0.4, 0.5) is 0 Å². The summed E-state index contributed by atoms with van der Waals surface area (Å²) in [6.45, 7) is 1.82. The Morgan fingerprint density at radius 2 is 2.11 bits per heavy atom. The molecule has 0 aliphatic heterocycles. The number of pyridine rings is 1. The molecule has 1 N–H and O–H groups in total. The number of carboxylic acids is 1. The van der Waals surface area contributed by atoms with Gasteiger partial charge >= 0.3 is 5.97 Å². The first kappa shape index (κ1) is 12.4. The van der Waals surface area contributed by atoms with E-state index in [9.17, 15) is 4.79 Å². The average Bonchev–Trinajstić information content (AvgIpc) is 2.34. The van der Waals surface area contributed by atoms with E-state index in [-0.39, 0.29) is 11.3 Å². The molecule has 0 unspecified atom stereocenters. The molecule has 0 spiro atoms. The number of halogens is 1. The normalized spacial score (nSPS) is 10.1. The van der Waals surface area contributed by atoms with E-state index in [4.69, 9.17) is 21.4 Å². The number of aromatic carboxylic acids is 1. The minimum absolute atomic E-state index is 0.0999. The number of rotatable bonds is 3. The summed E-state index contributed by atoms with van der Waals surface area (Å²) in [4.78, 5) is 15.0. The van der Waals surface area contributed by atoms with Gasteiger partial charge in [-0.2, -0.15) is 0 Å². The molecule has 2 aromatic rings. The minimum Gasteiger partial charge on any atom is -0.478 e. The van der Waals surface area contributed by atoms with Crippen molar-refractivity contribution in [1.29, 1.82) is 0 Å². The Balaban J connectivity index is 2.41. The molecule has 0 fully saturated rings. The Morgan fingerprint density at radius 1 is 1.33 bits per heavy atom. The second kappa shape index (κ2) is 5.06. The molecule has 92 valence electrons. The van der Waals surface area contributed by atoms with Gasteiger partial charge in [-0.1, -0.05) is 23.2 Å². The van der Waals surface area contributed by atoms with Crippen molar-refractivity contribution in [2.45, 2.75) is 6.92 Å². The molecule has 0 aliphatic carbocycles. The molecule has 0 saturated carbocycles. The van der Waals surface area contributed by atoms with Crippen molar-refractivity contribution in [3.63, 3.8) is 0 Å². The Kier molecular flexibility index (Phi) is 3.48. The van der Waals surface area contributed by atoms with Crippen LogP contribution in [-0.2, 0) is 0 Å². The van der Waals surface area contributed by atoms with Crippen molar-refractivity contribution < 1.29 is 14.6 Å². The average molecular weight is 264 g/mol. The van der Waals surface area contributed by atoms with Crippen LogP contribution in [0.2, 0.25) is 5.02 Å². The van der Waals surface area contributed by atoms with Crippen molar-refractivity contribution in [1.82, 2.24) is 4.98 Å². The number of aryl methyl sites for hydroxylation is 1. The lowest BCUT2D eigenvalue weighted by atomic mass is 10.1. The molecule has 1 heterocycles. The predicted molar refractivity (Wildman–Crippen MR) is 67.5 cm³/mol. The molecule has 0 radical (unpaired) electrons. The summed E-state index contributed by atoms with van der Waals surface area (Å²) in [6, 6.07) is 6.51. The number of hydrogen-bond donors (Lipinski definition) is 1. The van der Waals surface area contributed by atoms with Crippen LogP contribution in [0.1, 0.15) is 15.9 Å². The quantitative estimate of drug-likeness (QED) is 0.920. The summed E-state index contributed by atoms with van der Waals surface area (Å²) in [6.07, 6.45) is 2.96. The van der Waals surface area contributed by atoms with Crippen LogP contribution in [0, 0.1) is 6.92 Å². The maximum Gasteiger partial charge on any atom is 0.339 e.